The van der Waals surface area contributed by atoms with Crippen molar-refractivity contribution < 1.29 is 0 Å². The van der Waals surface area contributed by atoms with Crippen LogP contribution in [0.2, 0.25) is 0 Å². The molecule has 0 atom stereocenters. The van der Waals surface area contributed by atoms with E-state index in [1.807, 2.05) is 28.8 Å². The van der Waals surface area contributed by atoms with Gasteiger partial charge in [-0.3, -0.25) is 4.57 Å². The second kappa shape index (κ2) is 3.88. The van der Waals surface area contributed by atoms with Gasteiger partial charge in [-0.05, 0) is 37.6 Å². The van der Waals surface area contributed by atoms with Gasteiger partial charge in [0.05, 0.1) is 16.7 Å². The van der Waals surface area contributed by atoms with Gasteiger partial charge in [0.2, 0.25) is 5.95 Å². The zero-order valence-electron chi connectivity index (χ0n) is 10.5. The minimum atomic E-state index is 0.531. The molecule has 3 rings (SSSR count). The van der Waals surface area contributed by atoms with Crippen LogP contribution in [-0.2, 0) is 0 Å². The number of hydrogen-bond donors (Lipinski definition) is 1. The highest BCUT2D eigenvalue weighted by Gasteiger charge is 2.10. The molecule has 0 saturated carbocycles. The van der Waals surface area contributed by atoms with Gasteiger partial charge in [0.15, 0.2) is 0 Å². The Labute approximate surface area is 106 Å². The van der Waals surface area contributed by atoms with Crippen LogP contribution in [0.25, 0.3) is 16.7 Å². The second-order valence-corrected chi connectivity index (χ2v) is 4.58. The zero-order valence-corrected chi connectivity index (χ0v) is 10.5. The monoisotopic (exact) mass is 237 g/mol. The van der Waals surface area contributed by atoms with Crippen LogP contribution < -0.4 is 5.73 Å². The van der Waals surface area contributed by atoms with Gasteiger partial charge in [0.1, 0.15) is 0 Å². The van der Waals surface area contributed by atoms with Crippen molar-refractivity contribution in [3.05, 3.63) is 53.6 Å². The van der Waals surface area contributed by atoms with E-state index in [-0.39, 0.29) is 0 Å². The Morgan fingerprint density at radius 1 is 1.06 bits per heavy atom. The third kappa shape index (κ3) is 1.56. The van der Waals surface area contributed by atoms with Crippen molar-refractivity contribution in [2.45, 2.75) is 13.8 Å². The minimum Gasteiger partial charge on any atom is -0.369 e. The predicted molar refractivity (Wildman–Crippen MR) is 75.0 cm³/mol. The molecule has 0 unspecified atom stereocenters. The van der Waals surface area contributed by atoms with Crippen LogP contribution in [0.1, 0.15) is 11.1 Å². The molecule has 2 aromatic carbocycles. The number of aryl methyl sites for hydroxylation is 2. The molecule has 0 radical (unpaired) electrons. The fraction of sp³-hybridized carbons (Fsp3) is 0.133. The summed E-state index contributed by atoms with van der Waals surface area (Å²) in [5.41, 5.74) is 11.6. The highest BCUT2D eigenvalue weighted by Crippen LogP contribution is 2.25. The van der Waals surface area contributed by atoms with Crippen molar-refractivity contribution in [1.29, 1.82) is 0 Å². The standard InChI is InChI=1S/C15H15N3/c1-10-7-8-13(11(2)9-10)18-14-6-4-3-5-12(14)17-15(18)16/h3-9H,1-2H3,(H2,16,17). The Kier molecular flexibility index (Phi) is 2.33. The highest BCUT2D eigenvalue weighted by atomic mass is 15.2. The van der Waals surface area contributed by atoms with Gasteiger partial charge in [-0.25, -0.2) is 4.98 Å². The molecule has 2 N–H and O–H groups in total. The van der Waals surface area contributed by atoms with Crippen LogP contribution in [0.3, 0.4) is 0 Å². The molecule has 90 valence electrons. The smallest absolute Gasteiger partial charge is 0.205 e. The summed E-state index contributed by atoms with van der Waals surface area (Å²) in [5.74, 6) is 0.531. The molecule has 1 aromatic heterocycles. The molecule has 0 amide bonds. The van der Waals surface area contributed by atoms with E-state index < -0.39 is 0 Å². The average molecular weight is 237 g/mol. The molecule has 18 heavy (non-hydrogen) atoms. The lowest BCUT2D eigenvalue weighted by molar-refractivity contribution is 1.09. The fourth-order valence-corrected chi connectivity index (χ4v) is 2.35. The fourth-order valence-electron chi connectivity index (χ4n) is 2.35. The number of rotatable bonds is 1. The number of benzene rings is 2. The first-order valence-corrected chi connectivity index (χ1v) is 5.97. The average Bonchev–Trinajstić information content (AvgIpc) is 2.66. The van der Waals surface area contributed by atoms with Gasteiger partial charge >= 0.3 is 0 Å². The molecule has 3 aromatic rings. The molecule has 0 aliphatic rings. The lowest BCUT2D eigenvalue weighted by atomic mass is 10.1. The molecule has 3 nitrogen and oxygen atoms in total. The van der Waals surface area contributed by atoms with E-state index in [0.29, 0.717) is 5.95 Å². The van der Waals surface area contributed by atoms with Crippen molar-refractivity contribution in [1.82, 2.24) is 9.55 Å². The van der Waals surface area contributed by atoms with E-state index in [1.165, 1.54) is 11.1 Å². The van der Waals surface area contributed by atoms with Crippen molar-refractivity contribution in [2.75, 3.05) is 5.73 Å². The van der Waals surface area contributed by atoms with Crippen molar-refractivity contribution in [2.24, 2.45) is 0 Å². The van der Waals surface area contributed by atoms with Gasteiger partial charge < -0.3 is 5.73 Å². The number of aromatic nitrogens is 2. The van der Waals surface area contributed by atoms with Gasteiger partial charge in [-0.1, -0.05) is 29.8 Å². The summed E-state index contributed by atoms with van der Waals surface area (Å²) >= 11 is 0. The van der Waals surface area contributed by atoms with Crippen LogP contribution in [0.4, 0.5) is 5.95 Å². The van der Waals surface area contributed by atoms with Gasteiger partial charge in [-0.2, -0.15) is 0 Å². The Balaban J connectivity index is 2.34. The van der Waals surface area contributed by atoms with Crippen LogP contribution in [0.15, 0.2) is 42.5 Å². The zero-order chi connectivity index (χ0) is 12.7. The maximum atomic E-state index is 6.04. The molecule has 1 heterocycles. The molecular formula is C15H15N3. The van der Waals surface area contributed by atoms with E-state index >= 15 is 0 Å². The number of anilines is 1. The molecule has 0 bridgehead atoms. The van der Waals surface area contributed by atoms with E-state index in [2.05, 4.69) is 37.0 Å². The molecule has 0 fully saturated rings. The number of nitrogens with zero attached hydrogens (tertiary/aromatic N) is 2. The van der Waals surface area contributed by atoms with Gasteiger partial charge in [0, 0.05) is 0 Å². The highest BCUT2D eigenvalue weighted by molar-refractivity contribution is 5.81. The first-order valence-electron chi connectivity index (χ1n) is 5.97. The quantitative estimate of drug-likeness (QED) is 0.706. The molecule has 3 heteroatoms. The topological polar surface area (TPSA) is 43.8 Å². The summed E-state index contributed by atoms with van der Waals surface area (Å²) in [5, 5.41) is 0. The second-order valence-electron chi connectivity index (χ2n) is 4.58. The van der Waals surface area contributed by atoms with Gasteiger partial charge in [0.25, 0.3) is 0 Å². The van der Waals surface area contributed by atoms with Gasteiger partial charge in [-0.15, -0.1) is 0 Å². The lowest BCUT2D eigenvalue weighted by Gasteiger charge is -2.10. The van der Waals surface area contributed by atoms with Crippen LogP contribution in [0, 0.1) is 13.8 Å². The number of fused-ring (bicyclic) bond motifs is 1. The summed E-state index contributed by atoms with van der Waals surface area (Å²) in [4.78, 5) is 4.39. The van der Waals surface area contributed by atoms with E-state index in [9.17, 15) is 0 Å². The summed E-state index contributed by atoms with van der Waals surface area (Å²) in [7, 11) is 0. The SMILES string of the molecule is Cc1ccc(-n2c(N)nc3ccccc32)c(C)c1. The Bertz CT molecular complexity index is 726. The summed E-state index contributed by atoms with van der Waals surface area (Å²) in [6, 6.07) is 14.3. The maximum absolute atomic E-state index is 6.04. The number of hydrogen-bond acceptors (Lipinski definition) is 2. The third-order valence-corrected chi connectivity index (χ3v) is 3.18. The number of imidazole rings is 1. The largest absolute Gasteiger partial charge is 0.369 e. The first-order chi connectivity index (χ1) is 8.66. The Hall–Kier alpha value is -2.29. The van der Waals surface area contributed by atoms with E-state index in [4.69, 9.17) is 5.73 Å². The third-order valence-electron chi connectivity index (χ3n) is 3.18. The van der Waals surface area contributed by atoms with Crippen molar-refractivity contribution >= 4 is 17.0 Å². The van der Waals surface area contributed by atoms with Crippen LogP contribution >= 0.6 is 0 Å². The van der Waals surface area contributed by atoms with Crippen LogP contribution in [0.5, 0.6) is 0 Å². The normalized spacial score (nSPS) is 11.0. The molecule has 0 aliphatic carbocycles. The van der Waals surface area contributed by atoms with Crippen molar-refractivity contribution in [3.8, 4) is 5.69 Å². The molecule has 0 aliphatic heterocycles. The first kappa shape index (κ1) is 10.8. The summed E-state index contributed by atoms with van der Waals surface area (Å²) in [6.07, 6.45) is 0. The summed E-state index contributed by atoms with van der Waals surface area (Å²) < 4.78 is 2.00. The van der Waals surface area contributed by atoms with E-state index in [1.54, 1.807) is 0 Å². The number of nitrogen functional groups attached to an aromatic ring is 1. The maximum Gasteiger partial charge on any atom is 0.205 e. The lowest BCUT2D eigenvalue weighted by Crippen LogP contribution is -2.02. The Morgan fingerprint density at radius 3 is 2.61 bits per heavy atom. The Morgan fingerprint density at radius 2 is 1.83 bits per heavy atom. The number of nitrogens with two attached hydrogens (primary N) is 1. The van der Waals surface area contributed by atoms with Crippen LogP contribution in [-0.4, -0.2) is 9.55 Å². The van der Waals surface area contributed by atoms with Crippen molar-refractivity contribution in [3.63, 3.8) is 0 Å². The minimum absolute atomic E-state index is 0.531. The number of para-hydroxylation sites is 2. The van der Waals surface area contributed by atoms with E-state index in [0.717, 1.165) is 16.7 Å². The molecule has 0 saturated heterocycles. The summed E-state index contributed by atoms with van der Waals surface area (Å²) in [6.45, 7) is 4.18. The molecular weight excluding hydrogens is 222 g/mol. The predicted octanol–water partition coefficient (Wildman–Crippen LogP) is 3.22. The molecule has 0 spiro atoms.